The van der Waals surface area contributed by atoms with Gasteiger partial charge in [-0.25, -0.2) is 9.98 Å². The standard InChI is InChI=1S/C17H14N8/c18-16-21-15(13-10-19-25(23-13)11-6-2-1-3-7-11)24-14-9-5-4-8-12(14)20-17(24)22-16/h1-10,15H,(H3,18,20,21,22). The van der Waals surface area contributed by atoms with Crippen LogP contribution in [-0.2, 0) is 0 Å². The lowest BCUT2D eigenvalue weighted by molar-refractivity contribution is 0.596. The normalized spacial score (nSPS) is 16.3. The Balaban J connectivity index is 1.65. The lowest BCUT2D eigenvalue weighted by Gasteiger charge is -2.21. The highest BCUT2D eigenvalue weighted by molar-refractivity contribution is 5.94. The molecule has 3 heterocycles. The number of fused-ring (bicyclic) bond motifs is 3. The quantitative estimate of drug-likeness (QED) is 0.585. The largest absolute Gasteiger partial charge is 0.370 e. The first-order valence-corrected chi connectivity index (χ1v) is 7.84. The molecule has 0 spiro atoms. The predicted octanol–water partition coefficient (Wildman–Crippen LogP) is 1.90. The number of nitrogens with one attached hydrogen (secondary N) is 1. The molecule has 122 valence electrons. The Morgan fingerprint density at radius 2 is 1.80 bits per heavy atom. The summed E-state index contributed by atoms with van der Waals surface area (Å²) in [5, 5.41) is 12.0. The van der Waals surface area contributed by atoms with Crippen LogP contribution in [0.3, 0.4) is 0 Å². The summed E-state index contributed by atoms with van der Waals surface area (Å²) in [6.07, 6.45) is 1.29. The third-order valence-electron chi connectivity index (χ3n) is 4.10. The van der Waals surface area contributed by atoms with E-state index in [4.69, 9.17) is 5.73 Å². The monoisotopic (exact) mass is 330 g/mol. The maximum absolute atomic E-state index is 5.95. The van der Waals surface area contributed by atoms with Crippen molar-refractivity contribution in [1.82, 2.24) is 24.5 Å². The van der Waals surface area contributed by atoms with Gasteiger partial charge in [-0.3, -0.25) is 9.88 Å². The molecular weight excluding hydrogens is 316 g/mol. The lowest BCUT2D eigenvalue weighted by Crippen LogP contribution is -2.31. The molecule has 0 aliphatic carbocycles. The number of anilines is 1. The summed E-state index contributed by atoms with van der Waals surface area (Å²) >= 11 is 0. The molecule has 5 rings (SSSR count). The van der Waals surface area contributed by atoms with E-state index in [1.807, 2.05) is 59.2 Å². The highest BCUT2D eigenvalue weighted by Crippen LogP contribution is 2.31. The number of aliphatic imine (C=N–C) groups is 1. The fourth-order valence-electron chi connectivity index (χ4n) is 2.99. The van der Waals surface area contributed by atoms with E-state index in [1.165, 1.54) is 0 Å². The van der Waals surface area contributed by atoms with Crippen LogP contribution in [-0.4, -0.2) is 30.5 Å². The molecule has 0 fully saturated rings. The number of benzene rings is 2. The summed E-state index contributed by atoms with van der Waals surface area (Å²) in [5.74, 6) is 0.954. The lowest BCUT2D eigenvalue weighted by atomic mass is 10.3. The molecule has 25 heavy (non-hydrogen) atoms. The van der Waals surface area contributed by atoms with E-state index in [1.54, 1.807) is 11.0 Å². The molecular formula is C17H14N8. The molecule has 2 aromatic heterocycles. The summed E-state index contributed by atoms with van der Waals surface area (Å²) in [7, 11) is 0. The van der Waals surface area contributed by atoms with Crippen molar-refractivity contribution < 1.29 is 0 Å². The van der Waals surface area contributed by atoms with Crippen LogP contribution in [0.4, 0.5) is 5.95 Å². The Bertz CT molecular complexity index is 1090. The first-order chi connectivity index (χ1) is 12.3. The third-order valence-corrected chi connectivity index (χ3v) is 4.10. The first-order valence-electron chi connectivity index (χ1n) is 7.84. The predicted molar refractivity (Wildman–Crippen MR) is 94.5 cm³/mol. The molecule has 2 aromatic carbocycles. The summed E-state index contributed by atoms with van der Waals surface area (Å²) in [6.45, 7) is 0. The molecule has 0 bridgehead atoms. The van der Waals surface area contributed by atoms with E-state index in [0.717, 1.165) is 16.7 Å². The minimum absolute atomic E-state index is 0.307. The van der Waals surface area contributed by atoms with E-state index < -0.39 is 6.17 Å². The Kier molecular flexibility index (Phi) is 2.84. The molecule has 0 amide bonds. The van der Waals surface area contributed by atoms with Gasteiger partial charge in [0, 0.05) is 0 Å². The second-order valence-electron chi connectivity index (χ2n) is 5.70. The number of hydrogen-bond acceptors (Lipinski definition) is 6. The molecule has 1 atom stereocenters. The molecule has 8 heteroatoms. The van der Waals surface area contributed by atoms with Gasteiger partial charge in [0.25, 0.3) is 0 Å². The van der Waals surface area contributed by atoms with E-state index in [-0.39, 0.29) is 0 Å². The molecule has 0 saturated carbocycles. The van der Waals surface area contributed by atoms with Crippen molar-refractivity contribution in [1.29, 1.82) is 0 Å². The van der Waals surface area contributed by atoms with Crippen LogP contribution in [0.1, 0.15) is 11.9 Å². The molecule has 4 aromatic rings. The van der Waals surface area contributed by atoms with Gasteiger partial charge in [-0.05, 0) is 24.3 Å². The highest BCUT2D eigenvalue weighted by Gasteiger charge is 2.27. The van der Waals surface area contributed by atoms with Gasteiger partial charge < -0.3 is 5.73 Å². The van der Waals surface area contributed by atoms with Crippen molar-refractivity contribution in [3.8, 4) is 5.69 Å². The molecule has 8 nitrogen and oxygen atoms in total. The van der Waals surface area contributed by atoms with Gasteiger partial charge in [0.05, 0.1) is 22.9 Å². The zero-order chi connectivity index (χ0) is 16.8. The fraction of sp³-hybridized carbons (Fsp3) is 0.0588. The zero-order valence-corrected chi connectivity index (χ0v) is 13.1. The van der Waals surface area contributed by atoms with Gasteiger partial charge in [0.1, 0.15) is 5.69 Å². The summed E-state index contributed by atoms with van der Waals surface area (Å²) < 4.78 is 1.98. The number of rotatable bonds is 2. The van der Waals surface area contributed by atoms with Crippen LogP contribution in [0.15, 0.2) is 65.8 Å². The number of nitrogens with zero attached hydrogens (tertiary/aromatic N) is 6. The third kappa shape index (κ3) is 2.15. The number of para-hydroxylation sites is 3. The van der Waals surface area contributed by atoms with Gasteiger partial charge >= 0.3 is 0 Å². The van der Waals surface area contributed by atoms with Gasteiger partial charge in [0.15, 0.2) is 12.1 Å². The van der Waals surface area contributed by atoms with Crippen LogP contribution < -0.4 is 11.1 Å². The minimum Gasteiger partial charge on any atom is -0.370 e. The highest BCUT2D eigenvalue weighted by atomic mass is 15.5. The molecule has 1 aliphatic heterocycles. The van der Waals surface area contributed by atoms with Crippen LogP contribution in [0, 0.1) is 0 Å². The Morgan fingerprint density at radius 3 is 2.68 bits per heavy atom. The molecule has 0 saturated heterocycles. The summed E-state index contributed by atoms with van der Waals surface area (Å²) in [4.78, 5) is 10.7. The van der Waals surface area contributed by atoms with Gasteiger partial charge in [-0.1, -0.05) is 30.3 Å². The van der Waals surface area contributed by atoms with Gasteiger partial charge in [0.2, 0.25) is 5.95 Å². The second-order valence-corrected chi connectivity index (χ2v) is 5.70. The van der Waals surface area contributed by atoms with E-state index in [0.29, 0.717) is 17.6 Å². The van der Waals surface area contributed by atoms with Gasteiger partial charge in [-0.2, -0.15) is 9.90 Å². The van der Waals surface area contributed by atoms with Crippen molar-refractivity contribution in [2.45, 2.75) is 6.17 Å². The Morgan fingerprint density at radius 1 is 1.00 bits per heavy atom. The van der Waals surface area contributed by atoms with Gasteiger partial charge in [-0.15, -0.1) is 5.10 Å². The molecule has 1 aliphatic rings. The molecule has 1 unspecified atom stereocenters. The average molecular weight is 330 g/mol. The SMILES string of the molecule is NC1=NC(c2cnn(-c3ccccc3)n2)n2c(nc3ccccc32)N1. The van der Waals surface area contributed by atoms with E-state index in [9.17, 15) is 0 Å². The smallest absolute Gasteiger partial charge is 0.212 e. The summed E-state index contributed by atoms with van der Waals surface area (Å²) in [6, 6.07) is 17.6. The summed E-state index contributed by atoms with van der Waals surface area (Å²) in [5.41, 5.74) is 9.35. The van der Waals surface area contributed by atoms with E-state index >= 15 is 0 Å². The Hall–Kier alpha value is -3.68. The van der Waals surface area contributed by atoms with Crippen LogP contribution in [0.25, 0.3) is 16.7 Å². The van der Waals surface area contributed by atoms with Crippen molar-refractivity contribution in [2.75, 3.05) is 5.32 Å². The van der Waals surface area contributed by atoms with Crippen molar-refractivity contribution in [3.63, 3.8) is 0 Å². The second kappa shape index (κ2) is 5.17. The fourth-order valence-corrected chi connectivity index (χ4v) is 2.99. The Labute approximate surface area is 142 Å². The molecule has 3 N–H and O–H groups in total. The zero-order valence-electron chi connectivity index (χ0n) is 13.1. The number of hydrogen-bond donors (Lipinski definition) is 2. The minimum atomic E-state index is -0.416. The number of imidazole rings is 1. The van der Waals surface area contributed by atoms with Crippen molar-refractivity contribution >= 4 is 22.9 Å². The maximum Gasteiger partial charge on any atom is 0.212 e. The van der Waals surface area contributed by atoms with Crippen LogP contribution in [0.5, 0.6) is 0 Å². The number of guanidine groups is 1. The van der Waals surface area contributed by atoms with Crippen molar-refractivity contribution in [3.05, 3.63) is 66.5 Å². The van der Waals surface area contributed by atoms with E-state index in [2.05, 4.69) is 25.5 Å². The first kappa shape index (κ1) is 13.7. The number of nitrogens with two attached hydrogens (primary N) is 1. The van der Waals surface area contributed by atoms with Crippen LogP contribution >= 0.6 is 0 Å². The number of aromatic nitrogens is 5. The van der Waals surface area contributed by atoms with Crippen molar-refractivity contribution in [2.24, 2.45) is 10.7 Å². The van der Waals surface area contributed by atoms with Crippen LogP contribution in [0.2, 0.25) is 0 Å². The maximum atomic E-state index is 5.95. The topological polar surface area (TPSA) is 98.9 Å². The average Bonchev–Trinajstić information content (AvgIpc) is 3.26. The molecule has 0 radical (unpaired) electrons.